The molecule has 3 aromatic heterocycles. The van der Waals surface area contributed by atoms with Crippen molar-refractivity contribution >= 4 is 40.2 Å². The summed E-state index contributed by atoms with van der Waals surface area (Å²) in [6.45, 7) is 3.79. The summed E-state index contributed by atoms with van der Waals surface area (Å²) in [7, 11) is 0. The summed E-state index contributed by atoms with van der Waals surface area (Å²) < 4.78 is 7.04. The minimum absolute atomic E-state index is 0.447. The number of nitrogens with two attached hydrogens (primary N) is 1. The van der Waals surface area contributed by atoms with Crippen molar-refractivity contribution in [1.29, 1.82) is 0 Å². The number of halogens is 1. The highest BCUT2D eigenvalue weighted by molar-refractivity contribution is 6.33. The number of nitrogens with zero attached hydrogens (tertiary/aromatic N) is 6. The van der Waals surface area contributed by atoms with E-state index >= 15 is 0 Å². The molecular weight excluding hydrogens is 406 g/mol. The highest BCUT2D eigenvalue weighted by Gasteiger charge is 2.19. The smallest absolute Gasteiger partial charge is 0.230 e. The first-order valence-corrected chi connectivity index (χ1v) is 10.2. The van der Waals surface area contributed by atoms with E-state index < -0.39 is 0 Å². The predicted molar refractivity (Wildman–Crippen MR) is 115 cm³/mol. The Balaban J connectivity index is 1.45. The van der Waals surface area contributed by atoms with Crippen LogP contribution >= 0.6 is 11.6 Å². The van der Waals surface area contributed by atoms with Crippen LogP contribution in [0.15, 0.2) is 24.4 Å². The van der Waals surface area contributed by atoms with Gasteiger partial charge in [0.25, 0.3) is 0 Å². The van der Waals surface area contributed by atoms with Crippen LogP contribution in [0.1, 0.15) is 11.4 Å². The van der Waals surface area contributed by atoms with Gasteiger partial charge in [0.15, 0.2) is 5.65 Å². The molecule has 1 fully saturated rings. The van der Waals surface area contributed by atoms with E-state index in [1.807, 2.05) is 12.1 Å². The molecule has 30 heavy (non-hydrogen) atoms. The van der Waals surface area contributed by atoms with Gasteiger partial charge >= 0.3 is 0 Å². The maximum Gasteiger partial charge on any atom is 0.230 e. The average molecular weight is 428 g/mol. The number of rotatable bonds is 6. The minimum Gasteiger partial charge on any atom is -0.378 e. The van der Waals surface area contributed by atoms with Crippen LogP contribution in [0.2, 0.25) is 5.02 Å². The Morgan fingerprint density at radius 2 is 2.07 bits per heavy atom. The second-order valence-electron chi connectivity index (χ2n) is 7.06. The number of anilines is 2. The first-order valence-electron chi connectivity index (χ1n) is 9.87. The van der Waals surface area contributed by atoms with Gasteiger partial charge < -0.3 is 25.7 Å². The molecule has 0 spiro atoms. The first kappa shape index (κ1) is 19.0. The molecule has 0 bridgehead atoms. The Bertz CT molecular complexity index is 1180. The SMILES string of the molecule is NCCc1cccc2[nH]c(CNc3nc(N4CCOCC4)nc4c(Cl)cnn34)nc12. The van der Waals surface area contributed by atoms with Crippen LogP contribution in [0, 0.1) is 0 Å². The van der Waals surface area contributed by atoms with Crippen LogP contribution in [0.3, 0.4) is 0 Å². The summed E-state index contributed by atoms with van der Waals surface area (Å²) in [5, 5.41) is 8.11. The normalized spacial score (nSPS) is 14.7. The number of hydrogen-bond acceptors (Lipinski definition) is 8. The van der Waals surface area contributed by atoms with E-state index in [-0.39, 0.29) is 0 Å². The molecule has 0 radical (unpaired) electrons. The third-order valence-corrected chi connectivity index (χ3v) is 5.35. The fourth-order valence-corrected chi connectivity index (χ4v) is 3.77. The van der Waals surface area contributed by atoms with Crippen LogP contribution in [0.5, 0.6) is 0 Å². The summed E-state index contributed by atoms with van der Waals surface area (Å²) in [6.07, 6.45) is 2.36. The Kier molecular flexibility index (Phi) is 5.11. The third-order valence-electron chi connectivity index (χ3n) is 5.08. The van der Waals surface area contributed by atoms with Gasteiger partial charge in [0.2, 0.25) is 11.9 Å². The summed E-state index contributed by atoms with van der Waals surface area (Å²) in [6, 6.07) is 6.08. The molecule has 1 aliphatic rings. The highest BCUT2D eigenvalue weighted by atomic mass is 35.5. The highest BCUT2D eigenvalue weighted by Crippen LogP contribution is 2.22. The second-order valence-corrected chi connectivity index (χ2v) is 7.47. The maximum absolute atomic E-state index is 6.30. The molecule has 4 aromatic rings. The van der Waals surface area contributed by atoms with Crippen molar-refractivity contribution in [3.8, 4) is 0 Å². The number of aromatic amines is 1. The molecule has 0 atom stereocenters. The summed E-state index contributed by atoms with van der Waals surface area (Å²) in [4.78, 5) is 19.5. The van der Waals surface area contributed by atoms with Crippen molar-refractivity contribution in [1.82, 2.24) is 29.5 Å². The van der Waals surface area contributed by atoms with Crippen molar-refractivity contribution in [2.45, 2.75) is 13.0 Å². The van der Waals surface area contributed by atoms with Crippen LogP contribution in [-0.2, 0) is 17.7 Å². The van der Waals surface area contributed by atoms with Gasteiger partial charge in [-0.1, -0.05) is 23.7 Å². The quantitative estimate of drug-likeness (QED) is 0.424. The molecule has 0 unspecified atom stereocenters. The number of hydrogen-bond donors (Lipinski definition) is 3. The minimum atomic E-state index is 0.447. The number of imidazole rings is 1. The van der Waals surface area contributed by atoms with E-state index in [4.69, 9.17) is 27.1 Å². The number of ether oxygens (including phenoxy) is 1. The summed E-state index contributed by atoms with van der Waals surface area (Å²) in [5.74, 6) is 1.95. The molecule has 1 aliphatic heterocycles. The van der Waals surface area contributed by atoms with E-state index in [9.17, 15) is 0 Å². The lowest BCUT2D eigenvalue weighted by atomic mass is 10.1. The molecule has 11 heteroatoms. The molecule has 1 saturated heterocycles. The fourth-order valence-electron chi connectivity index (χ4n) is 3.61. The topological polar surface area (TPSA) is 122 Å². The van der Waals surface area contributed by atoms with Crippen molar-refractivity contribution in [3.63, 3.8) is 0 Å². The van der Waals surface area contributed by atoms with Crippen LogP contribution in [0.25, 0.3) is 16.7 Å². The van der Waals surface area contributed by atoms with Gasteiger partial charge in [0.05, 0.1) is 37.0 Å². The van der Waals surface area contributed by atoms with Gasteiger partial charge in [-0.3, -0.25) is 0 Å². The number of fused-ring (bicyclic) bond motifs is 2. The molecule has 4 N–H and O–H groups in total. The van der Waals surface area contributed by atoms with Crippen molar-refractivity contribution < 1.29 is 4.74 Å². The fraction of sp³-hybridized carbons (Fsp3) is 0.368. The van der Waals surface area contributed by atoms with Gasteiger partial charge in [-0.2, -0.15) is 19.6 Å². The predicted octanol–water partition coefficient (Wildman–Crippen LogP) is 1.60. The molecule has 0 aliphatic carbocycles. The number of H-pyrrole nitrogens is 1. The standard InChI is InChI=1S/C19H22ClN9O/c20-13-10-23-29-17(13)26-19(28-6-8-30-9-7-28)27-18(29)22-11-15-24-14-3-1-2-12(4-5-21)16(14)25-15/h1-3,10H,4-9,11,21H2,(H,24,25)(H,22,26,27). The van der Waals surface area contributed by atoms with E-state index in [0.717, 1.165) is 41.9 Å². The number of para-hydroxylation sites is 1. The van der Waals surface area contributed by atoms with Crippen molar-refractivity contribution in [2.24, 2.45) is 5.73 Å². The first-order chi connectivity index (χ1) is 14.7. The second kappa shape index (κ2) is 8.05. The Labute approximate surface area is 177 Å². The van der Waals surface area contributed by atoms with Crippen molar-refractivity contribution in [3.05, 3.63) is 40.8 Å². The van der Waals surface area contributed by atoms with E-state index in [1.165, 1.54) is 0 Å². The molecule has 156 valence electrons. The Morgan fingerprint density at radius 1 is 1.20 bits per heavy atom. The van der Waals surface area contributed by atoms with Gasteiger partial charge in [-0.25, -0.2) is 4.98 Å². The molecule has 0 amide bonds. The van der Waals surface area contributed by atoms with E-state index in [2.05, 4.69) is 36.3 Å². The Hall–Kier alpha value is -2.95. The molecule has 10 nitrogen and oxygen atoms in total. The summed E-state index contributed by atoms with van der Waals surface area (Å²) in [5.41, 5.74) is 9.36. The molecule has 1 aromatic carbocycles. The van der Waals surface area contributed by atoms with Gasteiger partial charge in [-0.15, -0.1) is 0 Å². The Morgan fingerprint density at radius 3 is 2.90 bits per heavy atom. The largest absolute Gasteiger partial charge is 0.378 e. The maximum atomic E-state index is 6.30. The number of morpholine rings is 1. The molecule has 4 heterocycles. The van der Waals surface area contributed by atoms with Gasteiger partial charge in [0.1, 0.15) is 10.8 Å². The molecule has 0 saturated carbocycles. The molecule has 5 rings (SSSR count). The number of aromatic nitrogens is 6. The lowest BCUT2D eigenvalue weighted by Gasteiger charge is -2.27. The van der Waals surface area contributed by atoms with Gasteiger partial charge in [0, 0.05) is 13.1 Å². The van der Waals surface area contributed by atoms with Crippen LogP contribution in [-0.4, -0.2) is 62.4 Å². The van der Waals surface area contributed by atoms with E-state index in [0.29, 0.717) is 48.9 Å². The molecular formula is C19H22ClN9O. The zero-order valence-corrected chi connectivity index (χ0v) is 17.1. The monoisotopic (exact) mass is 427 g/mol. The number of nitrogens with one attached hydrogen (secondary N) is 2. The van der Waals surface area contributed by atoms with Crippen LogP contribution < -0.4 is 16.0 Å². The average Bonchev–Trinajstić information content (AvgIpc) is 3.37. The summed E-state index contributed by atoms with van der Waals surface area (Å²) >= 11 is 6.30. The van der Waals surface area contributed by atoms with Crippen LogP contribution in [0.4, 0.5) is 11.9 Å². The zero-order valence-electron chi connectivity index (χ0n) is 16.3. The van der Waals surface area contributed by atoms with Gasteiger partial charge in [-0.05, 0) is 24.6 Å². The van der Waals surface area contributed by atoms with E-state index in [1.54, 1.807) is 10.7 Å². The lowest BCUT2D eigenvalue weighted by molar-refractivity contribution is 0.122. The number of benzene rings is 1. The zero-order chi connectivity index (χ0) is 20.5. The lowest BCUT2D eigenvalue weighted by Crippen LogP contribution is -2.37. The third kappa shape index (κ3) is 3.53. The van der Waals surface area contributed by atoms with Crippen molar-refractivity contribution in [2.75, 3.05) is 43.1 Å².